The lowest BCUT2D eigenvalue weighted by Crippen LogP contribution is -2.57. The van der Waals surface area contributed by atoms with Crippen LogP contribution in [0.2, 0.25) is 0 Å². The molecule has 0 amide bonds. The number of ketones is 1. The minimum absolute atomic E-state index is 0.278. The summed E-state index contributed by atoms with van der Waals surface area (Å²) in [5.74, 6) is 0.278. The molecule has 0 saturated carbocycles. The van der Waals surface area contributed by atoms with Gasteiger partial charge in [-0.1, -0.05) is 54.6 Å². The van der Waals surface area contributed by atoms with Gasteiger partial charge in [0.15, 0.2) is 0 Å². The minimum atomic E-state index is 0.278. The fourth-order valence-corrected chi connectivity index (χ4v) is 5.10. The van der Waals surface area contributed by atoms with Gasteiger partial charge in [-0.25, -0.2) is 0 Å². The second-order valence-electron chi connectivity index (χ2n) is 7.87. The Labute approximate surface area is 154 Å². The summed E-state index contributed by atoms with van der Waals surface area (Å²) >= 11 is 0. The fraction of sp³-hybridized carbons (Fsp3) is 0.292. The molecule has 0 unspecified atom stereocenters. The zero-order chi connectivity index (χ0) is 17.6. The summed E-state index contributed by atoms with van der Waals surface area (Å²) in [7, 11) is 0. The van der Waals surface area contributed by atoms with Crippen molar-refractivity contribution in [2.75, 3.05) is 19.6 Å². The van der Waals surface area contributed by atoms with E-state index in [2.05, 4.69) is 42.5 Å². The first-order chi connectivity index (χ1) is 12.8. The summed E-state index contributed by atoms with van der Waals surface area (Å²) in [6, 6.07) is 21.2. The molecule has 0 aromatic heterocycles. The van der Waals surface area contributed by atoms with Crippen LogP contribution in [0.5, 0.6) is 0 Å². The van der Waals surface area contributed by atoms with E-state index in [1.165, 1.54) is 35.0 Å². The first kappa shape index (κ1) is 15.8. The van der Waals surface area contributed by atoms with Crippen LogP contribution < -0.4 is 4.48 Å². The van der Waals surface area contributed by atoms with E-state index < -0.39 is 0 Å². The molecule has 0 atom stereocenters. The number of hydrogen-bond acceptors (Lipinski definition) is 1. The molecule has 5 rings (SSSR count). The van der Waals surface area contributed by atoms with Crippen LogP contribution in [0.3, 0.4) is 0 Å². The average molecular weight is 342 g/mol. The van der Waals surface area contributed by atoms with Crippen LogP contribution in [0.4, 0.5) is 5.69 Å². The van der Waals surface area contributed by atoms with E-state index in [4.69, 9.17) is 0 Å². The molecule has 0 fully saturated rings. The van der Waals surface area contributed by atoms with Crippen molar-refractivity contribution in [2.24, 2.45) is 0 Å². The van der Waals surface area contributed by atoms with Crippen molar-refractivity contribution in [1.82, 2.24) is 4.48 Å². The summed E-state index contributed by atoms with van der Waals surface area (Å²) < 4.78 is 0.872. The topological polar surface area (TPSA) is 17.1 Å². The quantitative estimate of drug-likeness (QED) is 0.488. The van der Waals surface area contributed by atoms with Gasteiger partial charge in [-0.3, -0.25) is 9.28 Å². The zero-order valence-corrected chi connectivity index (χ0v) is 15.1. The van der Waals surface area contributed by atoms with E-state index in [0.717, 1.165) is 41.4 Å². The van der Waals surface area contributed by atoms with Gasteiger partial charge in [-0.05, 0) is 29.7 Å². The minimum Gasteiger partial charge on any atom is -0.288 e. The fourth-order valence-electron chi connectivity index (χ4n) is 5.10. The van der Waals surface area contributed by atoms with Gasteiger partial charge >= 0.3 is 0 Å². The van der Waals surface area contributed by atoms with Crippen LogP contribution in [0, 0.1) is 0 Å². The molecular weight excluding hydrogens is 318 g/mol. The lowest BCUT2D eigenvalue weighted by Gasteiger charge is -2.45. The third-order valence-electron chi connectivity index (χ3n) is 6.26. The van der Waals surface area contributed by atoms with Crippen molar-refractivity contribution in [3.05, 3.63) is 77.4 Å². The Morgan fingerprint density at radius 1 is 0.808 bits per heavy atom. The second-order valence-corrected chi connectivity index (χ2v) is 7.87. The normalized spacial score (nSPS) is 17.7. The molecule has 26 heavy (non-hydrogen) atoms. The Kier molecular flexibility index (Phi) is 3.68. The highest BCUT2D eigenvalue weighted by Gasteiger charge is 2.41. The molecule has 130 valence electrons. The first-order valence-electron chi connectivity index (χ1n) is 9.75. The standard InChI is InChI=1S/C24H24NO/c26-23(22-13-12-18-6-1-2-7-21(18)16-22)17-25-14-4-10-19-8-3-9-20(24(19)25)11-5-15-25/h1-3,6-9,12-13,16H,4-5,10-11,14-15,17H2/q+1. The number of quaternary nitrogens is 1. The van der Waals surface area contributed by atoms with Crippen LogP contribution in [0.15, 0.2) is 60.7 Å². The van der Waals surface area contributed by atoms with Crippen molar-refractivity contribution in [2.45, 2.75) is 25.7 Å². The number of hydrogen-bond donors (Lipinski definition) is 0. The first-order valence-corrected chi connectivity index (χ1v) is 9.75. The second kappa shape index (κ2) is 6.07. The smallest absolute Gasteiger partial charge is 0.217 e. The molecule has 3 aromatic carbocycles. The van der Waals surface area contributed by atoms with Gasteiger partial charge < -0.3 is 0 Å². The predicted molar refractivity (Wildman–Crippen MR) is 108 cm³/mol. The van der Waals surface area contributed by atoms with Crippen LogP contribution in [0.25, 0.3) is 10.8 Å². The summed E-state index contributed by atoms with van der Waals surface area (Å²) in [5.41, 5.74) is 5.27. The van der Waals surface area contributed by atoms with E-state index in [-0.39, 0.29) is 5.78 Å². The van der Waals surface area contributed by atoms with Gasteiger partial charge in [0.25, 0.3) is 0 Å². The molecule has 0 radical (unpaired) electrons. The van der Waals surface area contributed by atoms with E-state index in [0.29, 0.717) is 6.54 Å². The highest BCUT2D eigenvalue weighted by Crippen LogP contribution is 2.40. The third kappa shape index (κ3) is 2.48. The molecule has 0 N–H and O–H groups in total. The molecule has 0 aliphatic carbocycles. The van der Waals surface area contributed by atoms with Gasteiger partial charge in [0, 0.05) is 29.5 Å². The van der Waals surface area contributed by atoms with E-state index in [1.54, 1.807) is 0 Å². The number of nitrogens with zero attached hydrogens (tertiary/aromatic N) is 1. The molecule has 3 aromatic rings. The van der Waals surface area contributed by atoms with Gasteiger partial charge in [0.2, 0.25) is 5.78 Å². The lowest BCUT2D eigenvalue weighted by atomic mass is 9.88. The summed E-state index contributed by atoms with van der Waals surface area (Å²) in [6.45, 7) is 2.80. The largest absolute Gasteiger partial charge is 0.288 e. The van der Waals surface area contributed by atoms with Gasteiger partial charge in [-0.2, -0.15) is 0 Å². The number of benzene rings is 3. The monoisotopic (exact) mass is 342 g/mol. The lowest BCUT2D eigenvalue weighted by molar-refractivity contribution is 0.0923. The summed E-state index contributed by atoms with van der Waals surface area (Å²) in [4.78, 5) is 13.3. The molecule has 0 spiro atoms. The number of carbonyl (C=O) groups is 1. The maximum atomic E-state index is 13.3. The van der Waals surface area contributed by atoms with Crippen molar-refractivity contribution in [3.8, 4) is 0 Å². The highest BCUT2D eigenvalue weighted by molar-refractivity contribution is 6.02. The van der Waals surface area contributed by atoms with Crippen LogP contribution >= 0.6 is 0 Å². The number of para-hydroxylation sites is 1. The molecule has 2 heterocycles. The van der Waals surface area contributed by atoms with Crippen molar-refractivity contribution >= 4 is 22.2 Å². The van der Waals surface area contributed by atoms with Gasteiger partial charge in [-0.15, -0.1) is 0 Å². The van der Waals surface area contributed by atoms with Crippen LogP contribution in [-0.2, 0) is 12.8 Å². The molecule has 2 aliphatic heterocycles. The molecule has 0 saturated heterocycles. The number of carbonyl (C=O) groups excluding carboxylic acids is 1. The maximum Gasteiger partial charge on any atom is 0.217 e. The van der Waals surface area contributed by atoms with Crippen molar-refractivity contribution in [1.29, 1.82) is 0 Å². The Bertz CT molecular complexity index is 976. The van der Waals surface area contributed by atoms with Gasteiger partial charge in [0.1, 0.15) is 12.2 Å². The number of aryl methyl sites for hydroxylation is 2. The number of fused-ring (bicyclic) bond motifs is 1. The predicted octanol–water partition coefficient (Wildman–Crippen LogP) is 4.92. The maximum absolute atomic E-state index is 13.3. The van der Waals surface area contributed by atoms with E-state index in [1.807, 2.05) is 18.2 Å². The number of Topliss-reactive ketones (excluding diaryl/α,β-unsaturated/α-hetero) is 1. The highest BCUT2D eigenvalue weighted by atomic mass is 16.1. The molecule has 2 nitrogen and oxygen atoms in total. The summed E-state index contributed by atoms with van der Waals surface area (Å²) in [5, 5.41) is 2.34. The van der Waals surface area contributed by atoms with Crippen LogP contribution in [0.1, 0.15) is 34.3 Å². The van der Waals surface area contributed by atoms with E-state index in [9.17, 15) is 4.79 Å². The van der Waals surface area contributed by atoms with Crippen LogP contribution in [-0.4, -0.2) is 25.4 Å². The Morgan fingerprint density at radius 3 is 2.23 bits per heavy atom. The van der Waals surface area contributed by atoms with Gasteiger partial charge in [0.05, 0.1) is 13.1 Å². The zero-order valence-electron chi connectivity index (χ0n) is 15.1. The number of rotatable bonds is 3. The average Bonchev–Trinajstić information content (AvgIpc) is 2.68. The summed E-state index contributed by atoms with van der Waals surface area (Å²) in [6.07, 6.45) is 4.68. The Morgan fingerprint density at radius 2 is 1.50 bits per heavy atom. The molecule has 0 bridgehead atoms. The Balaban J connectivity index is 1.53. The molecule has 2 aliphatic rings. The van der Waals surface area contributed by atoms with Crippen molar-refractivity contribution < 1.29 is 4.79 Å². The Hall–Kier alpha value is -2.45. The third-order valence-corrected chi connectivity index (χ3v) is 6.26. The van der Waals surface area contributed by atoms with Crippen molar-refractivity contribution in [3.63, 3.8) is 0 Å². The van der Waals surface area contributed by atoms with E-state index >= 15 is 0 Å². The molecular formula is C24H24NO+. The SMILES string of the molecule is O=C(C[N+]12CCCc3cccc(c31)CCC2)c1ccc2ccccc2c1. The molecule has 2 heteroatoms.